The molecule has 0 amide bonds. The average molecular weight is 1010 g/mol. The number of rotatable bonds is 14. The number of hydrogen-bond donors (Lipinski definition) is 5. The van der Waals surface area contributed by atoms with Crippen LogP contribution in [0.3, 0.4) is 0 Å². The van der Waals surface area contributed by atoms with E-state index in [-0.39, 0.29) is 45.6 Å². The van der Waals surface area contributed by atoms with Gasteiger partial charge in [0, 0.05) is 48.4 Å². The summed E-state index contributed by atoms with van der Waals surface area (Å²) in [6.07, 6.45) is 17.8. The first-order valence-corrected chi connectivity index (χ1v) is 24.1. The van der Waals surface area contributed by atoms with Crippen molar-refractivity contribution in [3.63, 3.8) is 0 Å². The monoisotopic (exact) mass is 1010 g/mol. The topological polar surface area (TPSA) is 234 Å². The fraction of sp³-hybridized carbons (Fsp3) is 0.417. The number of anilines is 6. The van der Waals surface area contributed by atoms with Crippen molar-refractivity contribution in [3.05, 3.63) is 108 Å². The van der Waals surface area contributed by atoms with Crippen LogP contribution >= 0.6 is 34.8 Å². The van der Waals surface area contributed by atoms with Crippen LogP contribution in [-0.2, 0) is 12.8 Å². The van der Waals surface area contributed by atoms with Crippen LogP contribution in [0.25, 0.3) is 0 Å². The largest absolute Gasteiger partial charge is 0.502 e. The fourth-order valence-electron chi connectivity index (χ4n) is 7.54. The van der Waals surface area contributed by atoms with Gasteiger partial charge in [-0.15, -0.1) is 0 Å². The Morgan fingerprint density at radius 2 is 1.04 bits per heavy atom. The molecule has 4 heterocycles. The summed E-state index contributed by atoms with van der Waals surface area (Å²) in [4.78, 5) is 49.2. The fourth-order valence-corrected chi connectivity index (χ4v) is 8.22. The molecule has 2 saturated carbocycles. The Balaban J connectivity index is 0.000000195. The quantitative estimate of drug-likeness (QED) is 0.0638. The lowest BCUT2D eigenvalue weighted by molar-refractivity contribution is 0.389. The molecular formula is C48H57Cl3N10O8. The summed E-state index contributed by atoms with van der Waals surface area (Å²) in [6.45, 7) is 3.68. The van der Waals surface area contributed by atoms with Crippen molar-refractivity contribution in [2.24, 2.45) is 0 Å². The highest BCUT2D eigenvalue weighted by Gasteiger charge is 2.19. The Kier molecular flexibility index (Phi) is 19.9. The second kappa shape index (κ2) is 26.4. The number of aryl methyl sites for hydroxylation is 2. The van der Waals surface area contributed by atoms with Crippen LogP contribution in [0.4, 0.5) is 35.2 Å². The van der Waals surface area contributed by atoms with Crippen LogP contribution in [0.2, 0.25) is 15.3 Å². The van der Waals surface area contributed by atoms with E-state index in [1.807, 2.05) is 13.0 Å². The van der Waals surface area contributed by atoms with Gasteiger partial charge in [-0.2, -0.15) is 29.9 Å². The van der Waals surface area contributed by atoms with E-state index in [0.717, 1.165) is 44.2 Å². The average Bonchev–Trinajstić information content (AvgIpc) is 3.76. The maximum Gasteiger partial charge on any atom is 0.328 e. The maximum absolute atomic E-state index is 12.4. The van der Waals surface area contributed by atoms with Crippen molar-refractivity contribution in [1.82, 2.24) is 29.9 Å². The van der Waals surface area contributed by atoms with Gasteiger partial charge in [-0.1, -0.05) is 88.4 Å². The maximum atomic E-state index is 12.4. The van der Waals surface area contributed by atoms with Gasteiger partial charge in [0.05, 0.1) is 36.8 Å². The summed E-state index contributed by atoms with van der Waals surface area (Å²) >= 11 is 18.5. The van der Waals surface area contributed by atoms with E-state index in [0.29, 0.717) is 75.5 Å². The van der Waals surface area contributed by atoms with Gasteiger partial charge >= 0.3 is 6.01 Å². The van der Waals surface area contributed by atoms with Crippen LogP contribution in [0.15, 0.2) is 79.5 Å². The molecule has 368 valence electrons. The van der Waals surface area contributed by atoms with E-state index in [2.05, 4.69) is 51.2 Å². The normalized spacial score (nSPS) is 14.1. The van der Waals surface area contributed by atoms with E-state index >= 15 is 0 Å². The lowest BCUT2D eigenvalue weighted by Gasteiger charge is -2.17. The van der Waals surface area contributed by atoms with Crippen molar-refractivity contribution in [1.29, 1.82) is 0 Å². The number of nitrogens with one attached hydrogen (secondary N) is 4. The van der Waals surface area contributed by atoms with Crippen molar-refractivity contribution in [2.45, 2.75) is 116 Å². The number of aromatic hydroxyl groups is 1. The first kappa shape index (κ1) is 52.0. The number of benzene rings is 2. The van der Waals surface area contributed by atoms with E-state index in [4.69, 9.17) is 63.0 Å². The summed E-state index contributed by atoms with van der Waals surface area (Å²) in [5.74, 6) is 3.21. The number of aromatic nitrogens is 6. The van der Waals surface area contributed by atoms with Crippen LogP contribution in [0, 0.1) is 0 Å². The van der Waals surface area contributed by atoms with Gasteiger partial charge in [0.25, 0.3) is 0 Å². The van der Waals surface area contributed by atoms with Gasteiger partial charge in [0.15, 0.2) is 0 Å². The highest BCUT2D eigenvalue weighted by atomic mass is 35.5. The molecule has 0 bridgehead atoms. The SMILES string of the molecule is CCc1occc(=O)c1O.CCc1occc(=O)c1Oc1nc(Nc2ccc(OC)c(Cl)c2)nc(NC2CCCCCC2)n1.COc1ccc(Nc2nc(Cl)nc(NC3CCCCCC3)n2)cc1Cl. The number of halogens is 3. The molecule has 0 unspecified atom stereocenters. The zero-order valence-electron chi connectivity index (χ0n) is 38.9. The van der Waals surface area contributed by atoms with E-state index < -0.39 is 0 Å². The van der Waals surface area contributed by atoms with Crippen molar-refractivity contribution < 1.29 is 28.2 Å². The highest BCUT2D eigenvalue weighted by Crippen LogP contribution is 2.31. The van der Waals surface area contributed by atoms with Gasteiger partial charge in [-0.05, 0) is 73.7 Å². The first-order valence-electron chi connectivity index (χ1n) is 22.9. The molecule has 0 saturated heterocycles. The van der Waals surface area contributed by atoms with Crippen LogP contribution in [0.1, 0.15) is 102 Å². The van der Waals surface area contributed by atoms with E-state index in [9.17, 15) is 9.59 Å². The minimum Gasteiger partial charge on any atom is -0.502 e. The van der Waals surface area contributed by atoms with Crippen LogP contribution in [0.5, 0.6) is 29.0 Å². The standard InChI is InChI=1S/C24H28ClN5O4.C17H21Cl2N5O.C7H8O3/c1-3-19-21(18(31)12-13-33-19)34-24-29-22(26-15-8-6-4-5-7-9-15)28-23(30-24)27-16-10-11-20(32-2)17(25)14-16;1-25-14-9-8-12(10-13(14)18)21-17-23-15(19)22-16(24-17)20-11-6-4-2-3-5-7-11;1-2-6-7(9)5(8)3-4-10-6/h10-15H,3-9H2,1-2H3,(H2,26,27,28,29,30);8-11H,2-7H2,1H3,(H2,20,21,22,23,24);3-4,9H,2H2,1H3. The van der Waals surface area contributed by atoms with Crippen molar-refractivity contribution >= 4 is 70.0 Å². The Labute approximate surface area is 415 Å². The molecule has 0 spiro atoms. The summed E-state index contributed by atoms with van der Waals surface area (Å²) in [6, 6.07) is 13.7. The molecule has 6 aromatic rings. The second-order valence-corrected chi connectivity index (χ2v) is 17.2. The van der Waals surface area contributed by atoms with E-state index in [1.54, 1.807) is 51.5 Å². The zero-order chi connectivity index (χ0) is 49.1. The van der Waals surface area contributed by atoms with Gasteiger partial charge in [0.1, 0.15) is 23.0 Å². The Bertz CT molecular complexity index is 2710. The molecular weight excluding hydrogens is 951 g/mol. The highest BCUT2D eigenvalue weighted by molar-refractivity contribution is 6.32. The predicted molar refractivity (Wildman–Crippen MR) is 268 cm³/mol. The molecule has 2 aromatic carbocycles. The van der Waals surface area contributed by atoms with Gasteiger partial charge in [0.2, 0.25) is 51.4 Å². The number of nitrogens with zero attached hydrogens (tertiary/aromatic N) is 6. The van der Waals surface area contributed by atoms with Crippen LogP contribution < -0.4 is 46.3 Å². The minimum atomic E-state index is -0.386. The second-order valence-electron chi connectivity index (χ2n) is 16.0. The smallest absolute Gasteiger partial charge is 0.328 e. The third kappa shape index (κ3) is 15.8. The Morgan fingerprint density at radius 3 is 1.52 bits per heavy atom. The minimum absolute atomic E-state index is 0.0126. The lowest BCUT2D eigenvalue weighted by Crippen LogP contribution is -2.21. The summed E-state index contributed by atoms with van der Waals surface area (Å²) in [5, 5.41) is 23.1. The molecule has 4 aromatic heterocycles. The zero-order valence-corrected chi connectivity index (χ0v) is 41.2. The number of methoxy groups -OCH3 is 2. The number of hydrogen-bond acceptors (Lipinski definition) is 18. The molecule has 0 aliphatic heterocycles. The van der Waals surface area contributed by atoms with E-state index in [1.165, 1.54) is 63.2 Å². The van der Waals surface area contributed by atoms with Gasteiger partial charge in [-0.25, -0.2) is 0 Å². The molecule has 2 aliphatic carbocycles. The van der Waals surface area contributed by atoms with Gasteiger partial charge < -0.3 is 49.4 Å². The molecule has 5 N–H and O–H groups in total. The molecule has 2 fully saturated rings. The number of ether oxygens (including phenoxy) is 3. The Morgan fingerprint density at radius 1 is 0.594 bits per heavy atom. The molecule has 8 rings (SSSR count). The molecule has 2 aliphatic rings. The molecule has 69 heavy (non-hydrogen) atoms. The van der Waals surface area contributed by atoms with Crippen molar-refractivity contribution in [2.75, 3.05) is 35.5 Å². The molecule has 21 heteroatoms. The van der Waals surface area contributed by atoms with Gasteiger partial charge in [-0.3, -0.25) is 9.59 Å². The molecule has 18 nitrogen and oxygen atoms in total. The predicted octanol–water partition coefficient (Wildman–Crippen LogP) is 11.7. The third-order valence-corrected chi connectivity index (χ3v) is 11.8. The third-order valence-electron chi connectivity index (χ3n) is 11.1. The lowest BCUT2D eigenvalue weighted by atomic mass is 10.1. The Hall–Kier alpha value is -6.37. The molecule has 0 atom stereocenters. The first-order chi connectivity index (χ1) is 33.4. The summed E-state index contributed by atoms with van der Waals surface area (Å²) in [5.41, 5.74) is 0.714. The van der Waals surface area contributed by atoms with Crippen molar-refractivity contribution in [3.8, 4) is 29.0 Å². The summed E-state index contributed by atoms with van der Waals surface area (Å²) in [7, 11) is 3.13. The summed E-state index contributed by atoms with van der Waals surface area (Å²) < 4.78 is 26.5. The molecule has 0 radical (unpaired) electrons. The van der Waals surface area contributed by atoms with Crippen LogP contribution in [-0.4, -0.2) is 61.3 Å².